The van der Waals surface area contributed by atoms with Crippen molar-refractivity contribution < 1.29 is 14.4 Å². The number of imide groups is 1. The molecule has 5 nitrogen and oxygen atoms in total. The number of amides is 2. The minimum Gasteiger partial charge on any atom is -0.381 e. The summed E-state index contributed by atoms with van der Waals surface area (Å²) < 4.78 is 0.925. The third-order valence-corrected chi connectivity index (χ3v) is 5.49. The van der Waals surface area contributed by atoms with Gasteiger partial charge in [0, 0.05) is 15.4 Å². The van der Waals surface area contributed by atoms with E-state index in [0.717, 1.165) is 20.8 Å². The van der Waals surface area contributed by atoms with Crippen LogP contribution in [0.3, 0.4) is 0 Å². The molecule has 0 radical (unpaired) electrons. The Morgan fingerprint density at radius 3 is 2.44 bits per heavy atom. The second-order valence-electron chi connectivity index (χ2n) is 6.50. The van der Waals surface area contributed by atoms with Gasteiger partial charge in [0.2, 0.25) is 12.0 Å². The average Bonchev–Trinajstić information content (AvgIpc) is 3.23. The lowest BCUT2D eigenvalue weighted by Gasteiger charge is -2.17. The average molecular weight is 421 g/mol. The molecule has 2 aliphatic heterocycles. The van der Waals surface area contributed by atoms with Gasteiger partial charge in [-0.3, -0.25) is 9.59 Å². The number of halogens is 1. The zero-order valence-electron chi connectivity index (χ0n) is 14.0. The van der Waals surface area contributed by atoms with Gasteiger partial charge in [-0.05, 0) is 23.6 Å². The lowest BCUT2D eigenvalue weighted by atomic mass is 9.94. The highest BCUT2D eigenvalue weighted by Crippen LogP contribution is 2.37. The van der Waals surface area contributed by atoms with Gasteiger partial charge in [-0.15, -0.1) is 0 Å². The third kappa shape index (κ3) is 2.40. The van der Waals surface area contributed by atoms with Crippen molar-refractivity contribution in [3.8, 4) is 0 Å². The number of fused-ring (bicyclic) bond motifs is 2. The fourth-order valence-corrected chi connectivity index (χ4v) is 3.94. The van der Waals surface area contributed by atoms with Gasteiger partial charge < -0.3 is 4.84 Å². The summed E-state index contributed by atoms with van der Waals surface area (Å²) in [7, 11) is 0. The van der Waals surface area contributed by atoms with E-state index >= 15 is 0 Å². The first-order chi connectivity index (χ1) is 13.1. The standard InChI is InChI=1S/C21H13BrN2O3/c22-14-10-8-13(9-11-14)18-17-19(27-23-18)21(26)24(20(17)25)16-7-3-5-12-4-1-2-6-15(12)16/h1-11,17,19H/t17-,19-/m1/s1. The molecule has 2 amide bonds. The number of nitrogens with zero attached hydrogens (tertiary/aromatic N) is 2. The molecule has 132 valence electrons. The maximum atomic E-state index is 13.2. The van der Waals surface area contributed by atoms with E-state index in [0.29, 0.717) is 11.4 Å². The van der Waals surface area contributed by atoms with Crippen LogP contribution in [0, 0.1) is 5.92 Å². The molecule has 27 heavy (non-hydrogen) atoms. The van der Waals surface area contributed by atoms with E-state index in [4.69, 9.17) is 4.84 Å². The minimum absolute atomic E-state index is 0.305. The van der Waals surface area contributed by atoms with Gasteiger partial charge in [0.25, 0.3) is 5.91 Å². The Labute approximate surface area is 163 Å². The molecule has 2 aliphatic rings. The topological polar surface area (TPSA) is 59.0 Å². The first-order valence-electron chi connectivity index (χ1n) is 8.50. The summed E-state index contributed by atoms with van der Waals surface area (Å²) in [5.74, 6) is -1.41. The number of rotatable bonds is 2. The summed E-state index contributed by atoms with van der Waals surface area (Å²) in [5, 5.41) is 5.86. The highest BCUT2D eigenvalue weighted by molar-refractivity contribution is 9.10. The smallest absolute Gasteiger partial charge is 0.278 e. The van der Waals surface area contributed by atoms with Gasteiger partial charge in [0.15, 0.2) is 0 Å². The van der Waals surface area contributed by atoms with E-state index in [2.05, 4.69) is 21.1 Å². The molecule has 0 unspecified atom stereocenters. The molecule has 0 bridgehead atoms. The number of hydrogen-bond donors (Lipinski definition) is 0. The largest absolute Gasteiger partial charge is 0.381 e. The van der Waals surface area contributed by atoms with Crippen LogP contribution in [0.2, 0.25) is 0 Å². The molecule has 3 aromatic carbocycles. The molecule has 3 aromatic rings. The van der Waals surface area contributed by atoms with Gasteiger partial charge in [-0.2, -0.15) is 0 Å². The van der Waals surface area contributed by atoms with Crippen LogP contribution in [-0.2, 0) is 14.4 Å². The maximum Gasteiger partial charge on any atom is 0.278 e. The van der Waals surface area contributed by atoms with Gasteiger partial charge in [-0.1, -0.05) is 69.6 Å². The van der Waals surface area contributed by atoms with Crippen LogP contribution in [0.15, 0.2) is 76.4 Å². The van der Waals surface area contributed by atoms with Crippen LogP contribution < -0.4 is 4.90 Å². The Kier molecular flexibility index (Phi) is 3.62. The van der Waals surface area contributed by atoms with Crippen molar-refractivity contribution in [2.24, 2.45) is 11.1 Å². The summed E-state index contributed by atoms with van der Waals surface area (Å²) in [6, 6.07) is 20.7. The van der Waals surface area contributed by atoms with Crippen LogP contribution >= 0.6 is 15.9 Å². The van der Waals surface area contributed by atoms with Gasteiger partial charge in [-0.25, -0.2) is 4.90 Å². The molecule has 0 spiro atoms. The van der Waals surface area contributed by atoms with E-state index < -0.39 is 12.0 Å². The molecule has 0 N–H and O–H groups in total. The number of benzene rings is 3. The zero-order valence-corrected chi connectivity index (χ0v) is 15.6. The minimum atomic E-state index is -0.907. The van der Waals surface area contributed by atoms with Crippen molar-refractivity contribution in [3.63, 3.8) is 0 Å². The van der Waals surface area contributed by atoms with E-state index in [1.807, 2.05) is 60.7 Å². The second kappa shape index (κ2) is 6.03. The molecule has 1 fully saturated rings. The SMILES string of the molecule is O=C1[C@@H]2C(c3ccc(Br)cc3)=NO[C@H]2C(=O)N1c1cccc2ccccc12. The third-order valence-electron chi connectivity index (χ3n) is 4.96. The Morgan fingerprint density at radius 1 is 0.889 bits per heavy atom. The summed E-state index contributed by atoms with van der Waals surface area (Å²) in [6.07, 6.45) is -0.907. The van der Waals surface area contributed by atoms with Crippen molar-refractivity contribution in [3.05, 3.63) is 76.8 Å². The molecular weight excluding hydrogens is 408 g/mol. The molecule has 2 atom stereocenters. The lowest BCUT2D eigenvalue weighted by molar-refractivity contribution is -0.126. The molecule has 1 saturated heterocycles. The van der Waals surface area contributed by atoms with Gasteiger partial charge in [0.1, 0.15) is 11.6 Å². The fourth-order valence-electron chi connectivity index (χ4n) is 3.68. The highest BCUT2D eigenvalue weighted by Gasteiger charge is 2.56. The predicted octanol–water partition coefficient (Wildman–Crippen LogP) is 3.89. The number of hydrogen-bond acceptors (Lipinski definition) is 4. The Bertz CT molecular complexity index is 1120. The zero-order chi connectivity index (χ0) is 18.5. The summed E-state index contributed by atoms with van der Waals surface area (Å²) in [4.78, 5) is 32.8. The summed E-state index contributed by atoms with van der Waals surface area (Å²) in [5.41, 5.74) is 1.84. The Hall–Kier alpha value is -2.99. The van der Waals surface area contributed by atoms with E-state index in [1.165, 1.54) is 4.90 Å². The van der Waals surface area contributed by atoms with Crippen molar-refractivity contribution in [2.45, 2.75) is 6.10 Å². The number of anilines is 1. The quantitative estimate of drug-likeness (QED) is 0.590. The van der Waals surface area contributed by atoms with E-state index in [1.54, 1.807) is 6.07 Å². The fraction of sp³-hybridized carbons (Fsp3) is 0.0952. The highest BCUT2D eigenvalue weighted by atomic mass is 79.9. The molecule has 0 aliphatic carbocycles. The Morgan fingerprint density at radius 2 is 1.63 bits per heavy atom. The molecule has 0 saturated carbocycles. The molecule has 6 heteroatoms. The van der Waals surface area contributed by atoms with Crippen LogP contribution in [0.25, 0.3) is 10.8 Å². The summed E-state index contributed by atoms with van der Waals surface area (Å²) in [6.45, 7) is 0. The summed E-state index contributed by atoms with van der Waals surface area (Å²) >= 11 is 3.39. The van der Waals surface area contributed by atoms with Crippen molar-refractivity contribution in [1.29, 1.82) is 0 Å². The monoisotopic (exact) mass is 420 g/mol. The Balaban J connectivity index is 1.58. The van der Waals surface area contributed by atoms with Gasteiger partial charge in [0.05, 0.1) is 5.69 Å². The number of oxime groups is 1. The van der Waals surface area contributed by atoms with Crippen LogP contribution in [0.4, 0.5) is 5.69 Å². The predicted molar refractivity (Wildman–Crippen MR) is 105 cm³/mol. The molecule has 2 heterocycles. The van der Waals surface area contributed by atoms with E-state index in [9.17, 15) is 9.59 Å². The van der Waals surface area contributed by atoms with Gasteiger partial charge >= 0.3 is 0 Å². The first kappa shape index (κ1) is 16.2. The van der Waals surface area contributed by atoms with E-state index in [-0.39, 0.29) is 11.8 Å². The normalized spacial score (nSPS) is 21.4. The lowest BCUT2D eigenvalue weighted by Crippen LogP contribution is -2.33. The maximum absolute atomic E-state index is 13.2. The number of carbonyl (C=O) groups is 2. The first-order valence-corrected chi connectivity index (χ1v) is 9.30. The molecule has 5 rings (SSSR count). The second-order valence-corrected chi connectivity index (χ2v) is 7.41. The number of carbonyl (C=O) groups excluding carboxylic acids is 2. The van der Waals surface area contributed by atoms with Crippen molar-refractivity contribution in [1.82, 2.24) is 0 Å². The van der Waals surface area contributed by atoms with Crippen LogP contribution in [0.1, 0.15) is 5.56 Å². The van der Waals surface area contributed by atoms with Crippen molar-refractivity contribution in [2.75, 3.05) is 4.90 Å². The molecule has 0 aromatic heterocycles. The van der Waals surface area contributed by atoms with Crippen molar-refractivity contribution >= 4 is 49.9 Å². The molecular formula is C21H13BrN2O3. The van der Waals surface area contributed by atoms with Crippen LogP contribution in [0.5, 0.6) is 0 Å². The van der Waals surface area contributed by atoms with Crippen LogP contribution in [-0.4, -0.2) is 23.6 Å².